The van der Waals surface area contributed by atoms with Gasteiger partial charge in [-0.3, -0.25) is 4.79 Å². The number of nitrogens with zero attached hydrogens (tertiary/aromatic N) is 1. The first-order chi connectivity index (χ1) is 11.0. The molecule has 1 unspecified atom stereocenters. The first kappa shape index (κ1) is 16.6. The summed E-state index contributed by atoms with van der Waals surface area (Å²) in [6.07, 6.45) is 0. The minimum atomic E-state index is -0.0694. The molecule has 0 aliphatic rings. The number of benzene rings is 2. The molecule has 0 spiro atoms. The molecule has 2 rings (SSSR count). The zero-order chi connectivity index (χ0) is 16.8. The molecule has 4 heteroatoms. The summed E-state index contributed by atoms with van der Waals surface area (Å²) < 4.78 is 0. The van der Waals surface area contributed by atoms with E-state index in [1.165, 1.54) is 11.1 Å². The topological polar surface area (TPSA) is 64.9 Å². The number of nitrogens with one attached hydrogen (secondary N) is 2. The SMILES string of the molecule is Cc1ccc(C(C)NC(=O)CNc2ccc(C#N)cc2)cc1C. The Labute approximate surface area is 137 Å². The number of hydrogen-bond donors (Lipinski definition) is 2. The monoisotopic (exact) mass is 307 g/mol. The van der Waals surface area contributed by atoms with E-state index >= 15 is 0 Å². The van der Waals surface area contributed by atoms with Gasteiger partial charge >= 0.3 is 0 Å². The van der Waals surface area contributed by atoms with E-state index in [1.54, 1.807) is 24.3 Å². The summed E-state index contributed by atoms with van der Waals surface area (Å²) in [6.45, 7) is 6.31. The number of carbonyl (C=O) groups is 1. The van der Waals surface area contributed by atoms with Crippen molar-refractivity contribution < 1.29 is 4.79 Å². The van der Waals surface area contributed by atoms with E-state index in [2.05, 4.69) is 42.7 Å². The van der Waals surface area contributed by atoms with E-state index < -0.39 is 0 Å². The summed E-state index contributed by atoms with van der Waals surface area (Å²) in [5, 5.41) is 14.8. The van der Waals surface area contributed by atoms with E-state index in [0.717, 1.165) is 11.3 Å². The third-order valence-electron chi connectivity index (χ3n) is 3.88. The van der Waals surface area contributed by atoms with Gasteiger partial charge in [-0.15, -0.1) is 0 Å². The molecule has 2 aromatic rings. The van der Waals surface area contributed by atoms with Crippen molar-refractivity contribution in [2.24, 2.45) is 0 Å². The van der Waals surface area contributed by atoms with Crippen LogP contribution in [-0.4, -0.2) is 12.5 Å². The van der Waals surface area contributed by atoms with E-state index in [9.17, 15) is 4.79 Å². The Balaban J connectivity index is 1.88. The van der Waals surface area contributed by atoms with Gasteiger partial charge in [0.05, 0.1) is 24.2 Å². The molecule has 1 amide bonds. The molecule has 0 aliphatic carbocycles. The molecule has 0 aliphatic heterocycles. The molecule has 4 nitrogen and oxygen atoms in total. The van der Waals surface area contributed by atoms with Crippen molar-refractivity contribution in [3.05, 3.63) is 64.7 Å². The highest BCUT2D eigenvalue weighted by Crippen LogP contribution is 2.16. The Hall–Kier alpha value is -2.80. The van der Waals surface area contributed by atoms with Crippen LogP contribution in [0.1, 0.15) is 35.2 Å². The van der Waals surface area contributed by atoms with Crippen LogP contribution >= 0.6 is 0 Å². The van der Waals surface area contributed by atoms with Gasteiger partial charge in [-0.05, 0) is 61.7 Å². The van der Waals surface area contributed by atoms with Crippen molar-refractivity contribution in [1.29, 1.82) is 5.26 Å². The zero-order valence-corrected chi connectivity index (χ0v) is 13.7. The second kappa shape index (κ2) is 7.46. The zero-order valence-electron chi connectivity index (χ0n) is 13.7. The minimum absolute atomic E-state index is 0.0374. The van der Waals surface area contributed by atoms with E-state index in [1.807, 2.05) is 13.0 Å². The molecule has 0 bridgehead atoms. The highest BCUT2D eigenvalue weighted by Gasteiger charge is 2.10. The van der Waals surface area contributed by atoms with Gasteiger partial charge in [0.15, 0.2) is 0 Å². The lowest BCUT2D eigenvalue weighted by molar-refractivity contribution is -0.120. The fourth-order valence-corrected chi connectivity index (χ4v) is 2.25. The van der Waals surface area contributed by atoms with Crippen LogP contribution < -0.4 is 10.6 Å². The summed E-state index contributed by atoms with van der Waals surface area (Å²) in [4.78, 5) is 12.0. The summed E-state index contributed by atoms with van der Waals surface area (Å²) in [5.41, 5.74) is 4.98. The third-order valence-corrected chi connectivity index (χ3v) is 3.88. The molecule has 0 radical (unpaired) electrons. The Morgan fingerprint density at radius 1 is 1.13 bits per heavy atom. The van der Waals surface area contributed by atoms with Crippen molar-refractivity contribution in [2.45, 2.75) is 26.8 Å². The Kier molecular flexibility index (Phi) is 5.37. The van der Waals surface area contributed by atoms with Gasteiger partial charge < -0.3 is 10.6 Å². The van der Waals surface area contributed by atoms with Crippen LogP contribution in [-0.2, 0) is 4.79 Å². The second-order valence-corrected chi connectivity index (χ2v) is 5.68. The summed E-state index contributed by atoms with van der Waals surface area (Å²) in [6, 6.07) is 15.3. The van der Waals surface area contributed by atoms with Gasteiger partial charge in [0, 0.05) is 5.69 Å². The second-order valence-electron chi connectivity index (χ2n) is 5.68. The van der Waals surface area contributed by atoms with E-state index in [4.69, 9.17) is 5.26 Å². The first-order valence-corrected chi connectivity index (χ1v) is 7.60. The summed E-state index contributed by atoms with van der Waals surface area (Å²) in [5.74, 6) is -0.0694. The van der Waals surface area contributed by atoms with Crippen molar-refractivity contribution in [3.8, 4) is 6.07 Å². The molecule has 0 saturated heterocycles. The highest BCUT2D eigenvalue weighted by atomic mass is 16.1. The number of amides is 1. The highest BCUT2D eigenvalue weighted by molar-refractivity contribution is 5.81. The number of rotatable bonds is 5. The summed E-state index contributed by atoms with van der Waals surface area (Å²) >= 11 is 0. The Morgan fingerprint density at radius 3 is 2.43 bits per heavy atom. The molecule has 2 aromatic carbocycles. The fourth-order valence-electron chi connectivity index (χ4n) is 2.25. The van der Waals surface area contributed by atoms with Crippen molar-refractivity contribution in [3.63, 3.8) is 0 Å². The average Bonchev–Trinajstić information content (AvgIpc) is 2.55. The third kappa shape index (κ3) is 4.58. The molecular weight excluding hydrogens is 286 g/mol. The minimum Gasteiger partial charge on any atom is -0.376 e. The van der Waals surface area contributed by atoms with Gasteiger partial charge in [0.25, 0.3) is 0 Å². The molecule has 118 valence electrons. The van der Waals surface area contributed by atoms with Crippen LogP contribution in [0.25, 0.3) is 0 Å². The first-order valence-electron chi connectivity index (χ1n) is 7.60. The molecule has 23 heavy (non-hydrogen) atoms. The van der Waals surface area contributed by atoms with Gasteiger partial charge in [-0.25, -0.2) is 0 Å². The fraction of sp³-hybridized carbons (Fsp3) is 0.263. The van der Waals surface area contributed by atoms with Crippen molar-refractivity contribution in [2.75, 3.05) is 11.9 Å². The van der Waals surface area contributed by atoms with Crippen LogP contribution in [0.3, 0.4) is 0 Å². The molecule has 0 heterocycles. The number of anilines is 1. The molecular formula is C19H21N3O. The molecule has 0 saturated carbocycles. The van der Waals surface area contributed by atoms with Gasteiger partial charge in [-0.1, -0.05) is 18.2 Å². The number of aryl methyl sites for hydroxylation is 2. The lowest BCUT2D eigenvalue weighted by Crippen LogP contribution is -2.32. The molecule has 0 aromatic heterocycles. The quantitative estimate of drug-likeness (QED) is 0.889. The number of carbonyl (C=O) groups excluding carboxylic acids is 1. The predicted molar refractivity (Wildman–Crippen MR) is 92.1 cm³/mol. The lowest BCUT2D eigenvalue weighted by Gasteiger charge is -2.16. The maximum atomic E-state index is 12.0. The smallest absolute Gasteiger partial charge is 0.239 e. The Morgan fingerprint density at radius 2 is 1.83 bits per heavy atom. The standard InChI is InChI=1S/C19H21N3O/c1-13-4-7-17(10-14(13)2)15(3)22-19(23)12-21-18-8-5-16(11-20)6-9-18/h4-10,15,21H,12H2,1-3H3,(H,22,23). The van der Waals surface area contributed by atoms with Crippen LogP contribution in [0.5, 0.6) is 0 Å². The Bertz CT molecular complexity index is 729. The number of hydrogen-bond acceptors (Lipinski definition) is 3. The maximum absolute atomic E-state index is 12.0. The molecule has 1 atom stereocenters. The van der Waals surface area contributed by atoms with Crippen molar-refractivity contribution in [1.82, 2.24) is 5.32 Å². The van der Waals surface area contributed by atoms with Crippen LogP contribution in [0.2, 0.25) is 0 Å². The van der Waals surface area contributed by atoms with Gasteiger partial charge in [0.2, 0.25) is 5.91 Å². The summed E-state index contributed by atoms with van der Waals surface area (Å²) in [7, 11) is 0. The predicted octanol–water partition coefficient (Wildman–Crippen LogP) is 3.46. The van der Waals surface area contributed by atoms with Gasteiger partial charge in [-0.2, -0.15) is 5.26 Å². The van der Waals surface area contributed by atoms with Crippen LogP contribution in [0.15, 0.2) is 42.5 Å². The van der Waals surface area contributed by atoms with Crippen LogP contribution in [0, 0.1) is 25.2 Å². The largest absolute Gasteiger partial charge is 0.376 e. The molecule has 0 fully saturated rings. The van der Waals surface area contributed by atoms with Gasteiger partial charge in [0.1, 0.15) is 0 Å². The molecule has 2 N–H and O–H groups in total. The van der Waals surface area contributed by atoms with Crippen LogP contribution in [0.4, 0.5) is 5.69 Å². The average molecular weight is 307 g/mol. The number of nitriles is 1. The van der Waals surface area contributed by atoms with E-state index in [0.29, 0.717) is 5.56 Å². The normalized spacial score (nSPS) is 11.4. The maximum Gasteiger partial charge on any atom is 0.239 e. The van der Waals surface area contributed by atoms with E-state index in [-0.39, 0.29) is 18.5 Å². The lowest BCUT2D eigenvalue weighted by atomic mass is 10.0. The van der Waals surface area contributed by atoms with Crippen molar-refractivity contribution >= 4 is 11.6 Å².